The summed E-state index contributed by atoms with van der Waals surface area (Å²) in [5.74, 6) is -1.20. The van der Waals surface area contributed by atoms with E-state index in [0.717, 1.165) is 17.8 Å². The first kappa shape index (κ1) is 14.4. The van der Waals surface area contributed by atoms with Gasteiger partial charge in [0.2, 0.25) is 10.9 Å². The van der Waals surface area contributed by atoms with Gasteiger partial charge in [-0.3, -0.25) is 9.59 Å². The fourth-order valence-corrected chi connectivity index (χ4v) is 2.50. The number of hydrogen-bond donors (Lipinski definition) is 2. The summed E-state index contributed by atoms with van der Waals surface area (Å²) in [5, 5.41) is 6.90. The van der Waals surface area contributed by atoms with Crippen LogP contribution in [0.15, 0.2) is 5.38 Å². The van der Waals surface area contributed by atoms with E-state index in [4.69, 9.17) is 4.74 Å². The average molecular weight is 297 g/mol. The van der Waals surface area contributed by atoms with E-state index in [9.17, 15) is 14.4 Å². The van der Waals surface area contributed by atoms with E-state index in [1.54, 1.807) is 6.92 Å². The highest BCUT2D eigenvalue weighted by atomic mass is 32.1. The molecule has 1 aromatic rings. The van der Waals surface area contributed by atoms with Crippen LogP contribution in [0.25, 0.3) is 0 Å². The van der Waals surface area contributed by atoms with Crippen molar-refractivity contribution in [1.29, 1.82) is 0 Å². The minimum atomic E-state index is -0.549. The number of aromatic nitrogens is 1. The van der Waals surface area contributed by atoms with Crippen LogP contribution >= 0.6 is 11.3 Å². The highest BCUT2D eigenvalue weighted by Crippen LogP contribution is 2.12. The van der Waals surface area contributed by atoms with E-state index in [1.807, 2.05) is 0 Å². The molecule has 1 atom stereocenters. The zero-order valence-corrected chi connectivity index (χ0v) is 11.8. The lowest BCUT2D eigenvalue weighted by Crippen LogP contribution is -2.50. The van der Waals surface area contributed by atoms with Crippen LogP contribution in [-0.2, 0) is 9.53 Å². The molecule has 1 aliphatic rings. The number of nitrogens with one attached hydrogen (secondary N) is 2. The Morgan fingerprint density at radius 1 is 1.60 bits per heavy atom. The number of piperidine rings is 1. The fourth-order valence-electron chi connectivity index (χ4n) is 1.81. The van der Waals surface area contributed by atoms with E-state index in [1.165, 1.54) is 5.38 Å². The van der Waals surface area contributed by atoms with E-state index in [0.29, 0.717) is 13.0 Å². The van der Waals surface area contributed by atoms with Crippen LogP contribution in [0.4, 0.5) is 0 Å². The molecule has 20 heavy (non-hydrogen) atoms. The summed E-state index contributed by atoms with van der Waals surface area (Å²) in [5.41, 5.74) is 0.122. The molecule has 0 aromatic carbocycles. The lowest BCUT2D eigenvalue weighted by atomic mass is 10.1. The molecule has 8 heteroatoms. The SMILES string of the molecule is CCOC(=O)c1nc(C(=O)NC2CCCNC2=O)cs1. The molecule has 2 N–H and O–H groups in total. The second kappa shape index (κ2) is 6.47. The normalized spacial score (nSPS) is 18.2. The van der Waals surface area contributed by atoms with Crippen LogP contribution in [0.5, 0.6) is 0 Å². The molecular formula is C12H15N3O4S. The molecule has 1 saturated heterocycles. The summed E-state index contributed by atoms with van der Waals surface area (Å²) >= 11 is 1.04. The summed E-state index contributed by atoms with van der Waals surface area (Å²) in [6.07, 6.45) is 1.42. The minimum absolute atomic E-state index is 0.122. The first-order chi connectivity index (χ1) is 9.61. The van der Waals surface area contributed by atoms with Crippen molar-refractivity contribution in [2.45, 2.75) is 25.8 Å². The van der Waals surface area contributed by atoms with Crippen LogP contribution in [-0.4, -0.2) is 42.0 Å². The molecular weight excluding hydrogens is 282 g/mol. The number of ether oxygens (including phenoxy) is 1. The van der Waals surface area contributed by atoms with Crippen LogP contribution in [0.3, 0.4) is 0 Å². The zero-order valence-electron chi connectivity index (χ0n) is 11.0. The van der Waals surface area contributed by atoms with Gasteiger partial charge in [0.25, 0.3) is 5.91 Å². The van der Waals surface area contributed by atoms with Gasteiger partial charge >= 0.3 is 5.97 Å². The smallest absolute Gasteiger partial charge is 0.367 e. The molecule has 1 fully saturated rings. The van der Waals surface area contributed by atoms with Gasteiger partial charge in [-0.25, -0.2) is 9.78 Å². The van der Waals surface area contributed by atoms with Crippen molar-refractivity contribution in [3.63, 3.8) is 0 Å². The Labute approximate surface area is 119 Å². The Bertz CT molecular complexity index is 529. The monoisotopic (exact) mass is 297 g/mol. The summed E-state index contributed by atoms with van der Waals surface area (Å²) < 4.78 is 4.80. The molecule has 0 aliphatic carbocycles. The average Bonchev–Trinajstić information content (AvgIpc) is 2.91. The number of hydrogen-bond acceptors (Lipinski definition) is 6. The molecule has 0 spiro atoms. The van der Waals surface area contributed by atoms with Crippen LogP contribution in [0, 0.1) is 0 Å². The van der Waals surface area contributed by atoms with Crippen molar-refractivity contribution < 1.29 is 19.1 Å². The lowest BCUT2D eigenvalue weighted by Gasteiger charge is -2.22. The molecule has 108 valence electrons. The number of rotatable bonds is 4. The molecule has 2 heterocycles. The predicted molar refractivity (Wildman–Crippen MR) is 71.6 cm³/mol. The number of esters is 1. The van der Waals surface area contributed by atoms with Gasteiger partial charge in [0.15, 0.2) is 0 Å². The molecule has 7 nitrogen and oxygen atoms in total. The third kappa shape index (κ3) is 3.32. The Balaban J connectivity index is 1.99. The van der Waals surface area contributed by atoms with Crippen molar-refractivity contribution in [3.05, 3.63) is 16.1 Å². The van der Waals surface area contributed by atoms with Crippen molar-refractivity contribution in [3.8, 4) is 0 Å². The maximum atomic E-state index is 12.0. The van der Waals surface area contributed by atoms with Gasteiger partial charge in [-0.2, -0.15) is 0 Å². The molecule has 2 amide bonds. The maximum Gasteiger partial charge on any atom is 0.367 e. The minimum Gasteiger partial charge on any atom is -0.461 e. The highest BCUT2D eigenvalue weighted by Gasteiger charge is 2.25. The molecule has 0 radical (unpaired) electrons. The fraction of sp³-hybridized carbons (Fsp3) is 0.500. The topological polar surface area (TPSA) is 97.4 Å². The van der Waals surface area contributed by atoms with Crippen molar-refractivity contribution in [2.75, 3.05) is 13.2 Å². The van der Waals surface area contributed by atoms with Gasteiger partial charge in [0.1, 0.15) is 11.7 Å². The van der Waals surface area contributed by atoms with Crippen LogP contribution in [0.2, 0.25) is 0 Å². The van der Waals surface area contributed by atoms with E-state index >= 15 is 0 Å². The van der Waals surface area contributed by atoms with E-state index in [2.05, 4.69) is 15.6 Å². The third-order valence-electron chi connectivity index (χ3n) is 2.78. The molecule has 0 saturated carbocycles. The predicted octanol–water partition coefficient (Wildman–Crippen LogP) is 0.328. The zero-order chi connectivity index (χ0) is 14.5. The Hall–Kier alpha value is -1.96. The first-order valence-corrected chi connectivity index (χ1v) is 7.21. The van der Waals surface area contributed by atoms with Crippen LogP contribution in [0.1, 0.15) is 40.1 Å². The molecule has 1 unspecified atom stereocenters. The second-order valence-corrected chi connectivity index (χ2v) is 5.08. The summed E-state index contributed by atoms with van der Waals surface area (Å²) in [6, 6.07) is -0.538. The van der Waals surface area contributed by atoms with E-state index < -0.39 is 17.9 Å². The largest absolute Gasteiger partial charge is 0.461 e. The van der Waals surface area contributed by atoms with Gasteiger partial charge < -0.3 is 15.4 Å². The lowest BCUT2D eigenvalue weighted by molar-refractivity contribution is -0.124. The summed E-state index contributed by atoms with van der Waals surface area (Å²) in [4.78, 5) is 38.9. The van der Waals surface area contributed by atoms with Gasteiger partial charge in [0.05, 0.1) is 6.61 Å². The summed E-state index contributed by atoms with van der Waals surface area (Å²) in [6.45, 7) is 2.58. The number of amides is 2. The number of carbonyl (C=O) groups is 3. The van der Waals surface area contributed by atoms with Crippen LogP contribution < -0.4 is 10.6 Å². The Morgan fingerprint density at radius 2 is 2.40 bits per heavy atom. The quantitative estimate of drug-likeness (QED) is 0.780. The van der Waals surface area contributed by atoms with Gasteiger partial charge in [-0.15, -0.1) is 11.3 Å². The standard InChI is InChI=1S/C12H15N3O4S/c1-2-19-12(18)11-15-8(6-20-11)10(17)14-7-4-3-5-13-9(7)16/h6-7H,2-5H2,1H3,(H,13,16)(H,14,17). The highest BCUT2D eigenvalue weighted by molar-refractivity contribution is 7.11. The first-order valence-electron chi connectivity index (χ1n) is 6.33. The molecule has 1 aromatic heterocycles. The van der Waals surface area contributed by atoms with Gasteiger partial charge in [-0.1, -0.05) is 0 Å². The van der Waals surface area contributed by atoms with Crippen molar-refractivity contribution in [1.82, 2.24) is 15.6 Å². The molecule has 0 bridgehead atoms. The maximum absolute atomic E-state index is 12.0. The van der Waals surface area contributed by atoms with Crippen molar-refractivity contribution in [2.24, 2.45) is 0 Å². The van der Waals surface area contributed by atoms with Gasteiger partial charge in [-0.05, 0) is 19.8 Å². The summed E-state index contributed by atoms with van der Waals surface area (Å²) in [7, 11) is 0. The molecule has 1 aliphatic heterocycles. The van der Waals surface area contributed by atoms with Crippen molar-refractivity contribution >= 4 is 29.1 Å². The number of nitrogens with zero attached hydrogens (tertiary/aromatic N) is 1. The van der Waals surface area contributed by atoms with Gasteiger partial charge in [0, 0.05) is 11.9 Å². The number of thiazole rings is 1. The third-order valence-corrected chi connectivity index (χ3v) is 3.60. The van der Waals surface area contributed by atoms with E-state index in [-0.39, 0.29) is 23.2 Å². The Kier molecular flexibility index (Phi) is 4.67. The Morgan fingerprint density at radius 3 is 3.10 bits per heavy atom. The number of carbonyl (C=O) groups excluding carboxylic acids is 3. The second-order valence-electron chi connectivity index (χ2n) is 4.22. The molecule has 2 rings (SSSR count).